The Balaban J connectivity index is 1.75. The number of aromatic nitrogens is 1. The van der Waals surface area contributed by atoms with Gasteiger partial charge in [-0.3, -0.25) is 4.79 Å². The number of hydrogen-bond acceptors (Lipinski definition) is 3. The zero-order valence-electron chi connectivity index (χ0n) is 9.98. The first-order valence-corrected chi connectivity index (χ1v) is 6.25. The Kier molecular flexibility index (Phi) is 3.96. The lowest BCUT2D eigenvalue weighted by Crippen LogP contribution is -2.25. The van der Waals surface area contributed by atoms with Gasteiger partial charge in [-0.1, -0.05) is 25.7 Å². The van der Waals surface area contributed by atoms with Gasteiger partial charge in [0.05, 0.1) is 5.56 Å². The largest absolute Gasteiger partial charge is 0.384 e. The van der Waals surface area contributed by atoms with Crippen LogP contribution in [0.2, 0.25) is 0 Å². The standard InChI is InChI=1S/C13H19N3O/c14-12-6-5-11(9-16-12)13(17)15-8-7-10-3-1-2-4-10/h5-6,9-10H,1-4,7-8H2,(H2,14,16)(H,15,17). The van der Waals surface area contributed by atoms with Gasteiger partial charge in [-0.15, -0.1) is 0 Å². The Morgan fingerprint density at radius 1 is 1.41 bits per heavy atom. The number of nitrogens with two attached hydrogens (primary N) is 1. The number of nitrogens with one attached hydrogen (secondary N) is 1. The maximum absolute atomic E-state index is 11.7. The van der Waals surface area contributed by atoms with Gasteiger partial charge in [0.25, 0.3) is 5.91 Å². The van der Waals surface area contributed by atoms with Crippen molar-refractivity contribution >= 4 is 11.7 Å². The number of amides is 1. The molecule has 92 valence electrons. The van der Waals surface area contributed by atoms with Crippen LogP contribution in [0.3, 0.4) is 0 Å². The molecular weight excluding hydrogens is 214 g/mol. The van der Waals surface area contributed by atoms with Gasteiger partial charge in [-0.2, -0.15) is 0 Å². The molecule has 1 aromatic rings. The summed E-state index contributed by atoms with van der Waals surface area (Å²) in [5, 5.41) is 2.93. The van der Waals surface area contributed by atoms with E-state index in [9.17, 15) is 4.79 Å². The van der Waals surface area contributed by atoms with Crippen molar-refractivity contribution in [1.82, 2.24) is 10.3 Å². The molecule has 1 aromatic heterocycles. The molecule has 3 N–H and O–H groups in total. The molecular formula is C13H19N3O. The van der Waals surface area contributed by atoms with E-state index in [1.807, 2.05) is 0 Å². The van der Waals surface area contributed by atoms with Crippen LogP contribution >= 0.6 is 0 Å². The van der Waals surface area contributed by atoms with E-state index in [0.717, 1.165) is 18.9 Å². The molecule has 1 amide bonds. The second-order valence-electron chi connectivity index (χ2n) is 4.67. The summed E-state index contributed by atoms with van der Waals surface area (Å²) in [5.74, 6) is 1.18. The number of nitrogens with zero attached hydrogens (tertiary/aromatic N) is 1. The SMILES string of the molecule is Nc1ccc(C(=O)NCCC2CCCC2)cn1. The predicted molar refractivity (Wildman–Crippen MR) is 67.6 cm³/mol. The first-order chi connectivity index (χ1) is 8.25. The molecule has 0 bridgehead atoms. The van der Waals surface area contributed by atoms with Crippen LogP contribution in [0.25, 0.3) is 0 Å². The van der Waals surface area contributed by atoms with Crippen molar-refractivity contribution in [3.8, 4) is 0 Å². The van der Waals surface area contributed by atoms with Gasteiger partial charge in [0.15, 0.2) is 0 Å². The van der Waals surface area contributed by atoms with E-state index >= 15 is 0 Å². The lowest BCUT2D eigenvalue weighted by atomic mass is 10.0. The Morgan fingerprint density at radius 3 is 2.82 bits per heavy atom. The third-order valence-corrected chi connectivity index (χ3v) is 3.36. The average Bonchev–Trinajstić information content (AvgIpc) is 2.83. The molecule has 0 atom stereocenters. The van der Waals surface area contributed by atoms with Gasteiger partial charge in [0, 0.05) is 12.7 Å². The molecule has 0 unspecified atom stereocenters. The van der Waals surface area contributed by atoms with E-state index in [1.54, 1.807) is 12.1 Å². The van der Waals surface area contributed by atoms with Gasteiger partial charge in [0.2, 0.25) is 0 Å². The minimum absolute atomic E-state index is 0.0597. The summed E-state index contributed by atoms with van der Waals surface area (Å²) in [6, 6.07) is 3.35. The highest BCUT2D eigenvalue weighted by atomic mass is 16.1. The molecule has 2 rings (SSSR count). The molecule has 0 saturated heterocycles. The molecule has 1 heterocycles. The number of rotatable bonds is 4. The molecule has 1 saturated carbocycles. The fourth-order valence-electron chi connectivity index (χ4n) is 2.33. The van der Waals surface area contributed by atoms with Gasteiger partial charge in [-0.05, 0) is 24.5 Å². The number of carbonyl (C=O) groups is 1. The Hall–Kier alpha value is -1.58. The summed E-state index contributed by atoms with van der Waals surface area (Å²) in [4.78, 5) is 15.6. The van der Waals surface area contributed by atoms with Crippen LogP contribution in [0.4, 0.5) is 5.82 Å². The zero-order valence-corrected chi connectivity index (χ0v) is 9.98. The number of hydrogen-bond donors (Lipinski definition) is 2. The highest BCUT2D eigenvalue weighted by molar-refractivity contribution is 5.93. The van der Waals surface area contributed by atoms with E-state index < -0.39 is 0 Å². The number of anilines is 1. The molecule has 1 aliphatic carbocycles. The first-order valence-electron chi connectivity index (χ1n) is 6.25. The summed E-state index contributed by atoms with van der Waals surface area (Å²) < 4.78 is 0. The quantitative estimate of drug-likeness (QED) is 0.835. The van der Waals surface area contributed by atoms with Crippen molar-refractivity contribution in [2.24, 2.45) is 5.92 Å². The lowest BCUT2D eigenvalue weighted by molar-refractivity contribution is 0.0951. The van der Waals surface area contributed by atoms with E-state index in [-0.39, 0.29) is 5.91 Å². The minimum Gasteiger partial charge on any atom is -0.384 e. The summed E-state index contributed by atoms with van der Waals surface area (Å²) in [6.07, 6.45) is 7.94. The Bertz CT molecular complexity index is 369. The van der Waals surface area contributed by atoms with Crippen molar-refractivity contribution in [2.75, 3.05) is 12.3 Å². The van der Waals surface area contributed by atoms with E-state index in [1.165, 1.54) is 31.9 Å². The maximum Gasteiger partial charge on any atom is 0.252 e. The third-order valence-electron chi connectivity index (χ3n) is 3.36. The predicted octanol–water partition coefficient (Wildman–Crippen LogP) is 1.97. The van der Waals surface area contributed by atoms with E-state index in [0.29, 0.717) is 11.4 Å². The lowest BCUT2D eigenvalue weighted by Gasteiger charge is -2.09. The minimum atomic E-state index is -0.0597. The fourth-order valence-corrected chi connectivity index (χ4v) is 2.33. The van der Waals surface area contributed by atoms with Crippen molar-refractivity contribution in [3.05, 3.63) is 23.9 Å². The summed E-state index contributed by atoms with van der Waals surface area (Å²) in [6.45, 7) is 0.758. The van der Waals surface area contributed by atoms with Crippen molar-refractivity contribution in [3.63, 3.8) is 0 Å². The molecule has 4 heteroatoms. The smallest absolute Gasteiger partial charge is 0.252 e. The molecule has 4 nitrogen and oxygen atoms in total. The second-order valence-corrected chi connectivity index (χ2v) is 4.67. The summed E-state index contributed by atoms with van der Waals surface area (Å²) >= 11 is 0. The van der Waals surface area contributed by atoms with Crippen LogP contribution in [0.1, 0.15) is 42.5 Å². The van der Waals surface area contributed by atoms with Crippen LogP contribution in [0.15, 0.2) is 18.3 Å². The molecule has 0 aromatic carbocycles. The third kappa shape index (κ3) is 3.44. The van der Waals surface area contributed by atoms with Crippen LogP contribution in [-0.2, 0) is 0 Å². The van der Waals surface area contributed by atoms with Gasteiger partial charge < -0.3 is 11.1 Å². The van der Waals surface area contributed by atoms with Crippen LogP contribution in [0, 0.1) is 5.92 Å². The highest BCUT2D eigenvalue weighted by Crippen LogP contribution is 2.26. The van der Waals surface area contributed by atoms with Crippen LogP contribution in [0.5, 0.6) is 0 Å². The molecule has 1 fully saturated rings. The highest BCUT2D eigenvalue weighted by Gasteiger charge is 2.14. The average molecular weight is 233 g/mol. The summed E-state index contributed by atoms with van der Waals surface area (Å²) in [5.41, 5.74) is 6.04. The Morgan fingerprint density at radius 2 is 2.18 bits per heavy atom. The number of carbonyl (C=O) groups excluding carboxylic acids is 1. The number of pyridine rings is 1. The normalized spacial score (nSPS) is 16.0. The molecule has 17 heavy (non-hydrogen) atoms. The molecule has 1 aliphatic rings. The maximum atomic E-state index is 11.7. The van der Waals surface area contributed by atoms with Gasteiger partial charge in [-0.25, -0.2) is 4.98 Å². The zero-order chi connectivity index (χ0) is 12.1. The second kappa shape index (κ2) is 5.66. The number of nitrogen functional groups attached to an aromatic ring is 1. The Labute approximate surface area is 102 Å². The topological polar surface area (TPSA) is 68.0 Å². The molecule has 0 radical (unpaired) electrons. The van der Waals surface area contributed by atoms with Crippen LogP contribution in [-0.4, -0.2) is 17.4 Å². The van der Waals surface area contributed by atoms with Crippen LogP contribution < -0.4 is 11.1 Å². The molecule has 0 spiro atoms. The summed E-state index contributed by atoms with van der Waals surface area (Å²) in [7, 11) is 0. The van der Waals surface area contributed by atoms with Gasteiger partial charge in [0.1, 0.15) is 5.82 Å². The van der Waals surface area contributed by atoms with Crippen molar-refractivity contribution in [1.29, 1.82) is 0 Å². The van der Waals surface area contributed by atoms with E-state index in [4.69, 9.17) is 5.73 Å². The molecule has 0 aliphatic heterocycles. The fraction of sp³-hybridized carbons (Fsp3) is 0.538. The monoisotopic (exact) mass is 233 g/mol. The van der Waals surface area contributed by atoms with Gasteiger partial charge >= 0.3 is 0 Å². The first kappa shape index (κ1) is 11.9. The van der Waals surface area contributed by atoms with Crippen molar-refractivity contribution in [2.45, 2.75) is 32.1 Å². The van der Waals surface area contributed by atoms with E-state index in [2.05, 4.69) is 10.3 Å². The van der Waals surface area contributed by atoms with Crippen molar-refractivity contribution < 1.29 is 4.79 Å².